The Balaban J connectivity index is 1.20. The number of Topliss-reactive ketones (excluding diaryl/α,β-unsaturated/α-hetero) is 1. The summed E-state index contributed by atoms with van der Waals surface area (Å²) in [5.41, 5.74) is -2.42. The summed E-state index contributed by atoms with van der Waals surface area (Å²) in [6, 6.07) is 5.04. The number of nitrogens with zero attached hydrogens (tertiary/aromatic N) is 6. The third kappa shape index (κ3) is 5.32. The fraction of sp³-hybridized carbons (Fsp3) is 0.538. The molecule has 2 saturated heterocycles. The number of anilines is 2. The fourth-order valence-electron chi connectivity index (χ4n) is 6.11. The van der Waals surface area contributed by atoms with Crippen molar-refractivity contribution in [2.45, 2.75) is 44.3 Å². The maximum absolute atomic E-state index is 13.7. The first-order valence-corrected chi connectivity index (χ1v) is 13.0. The molecule has 1 N–H and O–H groups in total. The van der Waals surface area contributed by atoms with Crippen LogP contribution in [0.4, 0.5) is 24.7 Å². The number of alkyl halides is 3. The van der Waals surface area contributed by atoms with E-state index in [1.165, 1.54) is 11.1 Å². The Kier molecular flexibility index (Phi) is 7.29. The first-order valence-electron chi connectivity index (χ1n) is 13.0. The minimum absolute atomic E-state index is 0.0809. The van der Waals surface area contributed by atoms with Crippen molar-refractivity contribution in [3.63, 3.8) is 0 Å². The number of hydrogen-bond acceptors (Lipinski definition) is 8. The molecule has 0 aromatic carbocycles. The molecule has 206 valence electrons. The van der Waals surface area contributed by atoms with E-state index in [9.17, 15) is 27.6 Å². The van der Waals surface area contributed by atoms with Crippen molar-refractivity contribution in [3.8, 4) is 6.07 Å². The Morgan fingerprint density at radius 3 is 2.51 bits per heavy atom. The number of H-pyrrole nitrogens is 1. The third-order valence-corrected chi connectivity index (χ3v) is 8.04. The summed E-state index contributed by atoms with van der Waals surface area (Å²) in [4.78, 5) is 48.0. The van der Waals surface area contributed by atoms with Gasteiger partial charge in [0.05, 0.1) is 17.4 Å². The van der Waals surface area contributed by atoms with Crippen molar-refractivity contribution in [2.24, 2.45) is 11.8 Å². The molecule has 39 heavy (non-hydrogen) atoms. The standard InChI is InChI=1S/C26H28F3N7O3/c27-26(28,29)23-20(15-32-33-25(23)39)36-7-1-2-19(36)18-5-4-17(24(18)38)12-22(37)35-10-8-34(9-11-35)21-6-3-16(13-30)14-31-21/h3,6,14-15,17-19H,1-2,4-5,7-12H2,(H,33,39)/t17-,18-,19+/m1/s1. The quantitative estimate of drug-likeness (QED) is 0.609. The molecule has 1 amide bonds. The highest BCUT2D eigenvalue weighted by Gasteiger charge is 2.46. The van der Waals surface area contributed by atoms with Crippen molar-refractivity contribution in [3.05, 3.63) is 46.0 Å². The van der Waals surface area contributed by atoms with Crippen LogP contribution in [-0.4, -0.2) is 70.5 Å². The van der Waals surface area contributed by atoms with Crippen molar-refractivity contribution < 1.29 is 22.8 Å². The van der Waals surface area contributed by atoms with Gasteiger partial charge in [0.2, 0.25) is 5.91 Å². The second kappa shape index (κ2) is 10.7. The zero-order valence-corrected chi connectivity index (χ0v) is 21.2. The number of pyridine rings is 1. The molecule has 10 nitrogen and oxygen atoms in total. The molecule has 1 saturated carbocycles. The molecule has 4 heterocycles. The molecule has 2 aliphatic heterocycles. The van der Waals surface area contributed by atoms with Crippen molar-refractivity contribution in [2.75, 3.05) is 42.5 Å². The lowest BCUT2D eigenvalue weighted by Crippen LogP contribution is -2.49. The van der Waals surface area contributed by atoms with Crippen LogP contribution >= 0.6 is 0 Å². The summed E-state index contributed by atoms with van der Waals surface area (Å²) in [5.74, 6) is -0.428. The van der Waals surface area contributed by atoms with E-state index >= 15 is 0 Å². The number of piperazine rings is 1. The van der Waals surface area contributed by atoms with Crippen LogP contribution in [0.5, 0.6) is 0 Å². The van der Waals surface area contributed by atoms with Crippen LogP contribution in [0.25, 0.3) is 0 Å². The van der Waals surface area contributed by atoms with Gasteiger partial charge in [0, 0.05) is 63.2 Å². The maximum Gasteiger partial charge on any atom is 0.423 e. The largest absolute Gasteiger partial charge is 0.423 e. The number of nitrogens with one attached hydrogen (secondary N) is 1. The number of aromatic amines is 1. The first-order chi connectivity index (χ1) is 18.7. The minimum atomic E-state index is -4.85. The van der Waals surface area contributed by atoms with Gasteiger partial charge in [0.25, 0.3) is 5.56 Å². The molecular formula is C26H28F3N7O3. The predicted octanol–water partition coefficient (Wildman–Crippen LogP) is 2.36. The number of hydrogen-bond donors (Lipinski definition) is 1. The van der Waals surface area contributed by atoms with Crippen LogP contribution in [0.3, 0.4) is 0 Å². The third-order valence-electron chi connectivity index (χ3n) is 8.04. The molecule has 2 aromatic heterocycles. The number of carbonyl (C=O) groups is 2. The van der Waals surface area contributed by atoms with Gasteiger partial charge in [0.15, 0.2) is 0 Å². The maximum atomic E-state index is 13.7. The highest BCUT2D eigenvalue weighted by molar-refractivity contribution is 5.91. The number of halogens is 3. The SMILES string of the molecule is N#Cc1ccc(N2CCN(C(=O)C[C@H]3CC[C@H]([C@@H]4CCCN4c4cn[nH]c(=O)c4C(F)(F)F)C3=O)CC2)nc1. The lowest BCUT2D eigenvalue weighted by molar-refractivity contribution is -0.138. The lowest BCUT2D eigenvalue weighted by Gasteiger charge is -2.36. The van der Waals surface area contributed by atoms with E-state index in [0.717, 1.165) is 12.0 Å². The van der Waals surface area contributed by atoms with Gasteiger partial charge in [-0.05, 0) is 37.8 Å². The van der Waals surface area contributed by atoms with Gasteiger partial charge in [0.1, 0.15) is 23.2 Å². The summed E-state index contributed by atoms with van der Waals surface area (Å²) in [6.07, 6.45) is -0.117. The number of nitriles is 1. The van der Waals surface area contributed by atoms with E-state index in [0.29, 0.717) is 64.0 Å². The summed E-state index contributed by atoms with van der Waals surface area (Å²) >= 11 is 0. The van der Waals surface area contributed by atoms with Crippen molar-refractivity contribution >= 4 is 23.2 Å². The monoisotopic (exact) mass is 543 g/mol. The Bertz CT molecular complexity index is 1330. The van der Waals surface area contributed by atoms with Gasteiger partial charge < -0.3 is 14.7 Å². The van der Waals surface area contributed by atoms with E-state index in [1.807, 2.05) is 16.1 Å². The molecular weight excluding hydrogens is 515 g/mol. The van der Waals surface area contributed by atoms with Crippen LogP contribution in [0.1, 0.15) is 43.2 Å². The zero-order valence-electron chi connectivity index (χ0n) is 21.2. The van der Waals surface area contributed by atoms with Crippen LogP contribution < -0.4 is 15.4 Å². The summed E-state index contributed by atoms with van der Waals surface area (Å²) in [5, 5.41) is 14.4. The van der Waals surface area contributed by atoms with Crippen molar-refractivity contribution in [1.82, 2.24) is 20.1 Å². The Labute approximate surface area is 222 Å². The molecule has 13 heteroatoms. The first kappa shape index (κ1) is 26.6. The Morgan fingerprint density at radius 1 is 1.08 bits per heavy atom. The molecule has 0 spiro atoms. The zero-order chi connectivity index (χ0) is 27.7. The molecule has 3 aliphatic rings. The Hall–Kier alpha value is -3.95. The van der Waals surface area contributed by atoms with Crippen LogP contribution in [-0.2, 0) is 15.8 Å². The predicted molar refractivity (Wildman–Crippen MR) is 134 cm³/mol. The molecule has 0 bridgehead atoms. The number of amides is 1. The number of aromatic nitrogens is 3. The molecule has 0 radical (unpaired) electrons. The summed E-state index contributed by atoms with van der Waals surface area (Å²) < 4.78 is 41.0. The van der Waals surface area contributed by atoms with E-state index in [1.54, 1.807) is 17.0 Å². The minimum Gasteiger partial charge on any atom is -0.366 e. The van der Waals surface area contributed by atoms with Gasteiger partial charge in [-0.2, -0.15) is 23.5 Å². The van der Waals surface area contributed by atoms with Crippen LogP contribution in [0.15, 0.2) is 29.3 Å². The Morgan fingerprint density at radius 2 is 1.85 bits per heavy atom. The normalized spacial score (nSPS) is 23.8. The van der Waals surface area contributed by atoms with Gasteiger partial charge in [-0.25, -0.2) is 10.1 Å². The van der Waals surface area contributed by atoms with Crippen molar-refractivity contribution in [1.29, 1.82) is 5.26 Å². The van der Waals surface area contributed by atoms with Gasteiger partial charge in [-0.3, -0.25) is 14.4 Å². The smallest absolute Gasteiger partial charge is 0.366 e. The summed E-state index contributed by atoms with van der Waals surface area (Å²) in [6.45, 7) is 2.42. The molecule has 3 atom stereocenters. The van der Waals surface area contributed by atoms with Gasteiger partial charge in [-0.15, -0.1) is 0 Å². The average molecular weight is 544 g/mol. The molecule has 2 aromatic rings. The van der Waals surface area contributed by atoms with Gasteiger partial charge in [-0.1, -0.05) is 0 Å². The van der Waals surface area contributed by atoms with E-state index in [2.05, 4.69) is 10.1 Å². The highest BCUT2D eigenvalue weighted by atomic mass is 19.4. The van der Waals surface area contributed by atoms with Crippen LogP contribution in [0, 0.1) is 23.2 Å². The molecule has 1 aliphatic carbocycles. The van der Waals surface area contributed by atoms with E-state index in [-0.39, 0.29) is 23.8 Å². The molecule has 3 fully saturated rings. The highest BCUT2D eigenvalue weighted by Crippen LogP contribution is 2.42. The topological polar surface area (TPSA) is 126 Å². The number of carbonyl (C=O) groups excluding carboxylic acids is 2. The average Bonchev–Trinajstić information content (AvgIpc) is 3.54. The van der Waals surface area contributed by atoms with Gasteiger partial charge >= 0.3 is 6.18 Å². The van der Waals surface area contributed by atoms with E-state index in [4.69, 9.17) is 5.26 Å². The lowest BCUT2D eigenvalue weighted by atomic mass is 9.91. The summed E-state index contributed by atoms with van der Waals surface area (Å²) in [7, 11) is 0. The number of rotatable bonds is 5. The fourth-order valence-corrected chi connectivity index (χ4v) is 6.11. The second-order valence-corrected chi connectivity index (χ2v) is 10.2. The molecule has 0 unspecified atom stereocenters. The second-order valence-electron chi connectivity index (χ2n) is 10.2. The van der Waals surface area contributed by atoms with E-state index < -0.39 is 35.2 Å². The molecule has 5 rings (SSSR count). The number of ketones is 1. The van der Waals surface area contributed by atoms with Crippen LogP contribution in [0.2, 0.25) is 0 Å².